The number of nitrogens with zero attached hydrogens (tertiary/aromatic N) is 3. The second-order valence-electron chi connectivity index (χ2n) is 4.53. The van der Waals surface area contributed by atoms with Gasteiger partial charge in [0.1, 0.15) is 12.1 Å². The molecule has 0 radical (unpaired) electrons. The first-order chi connectivity index (χ1) is 9.72. The van der Waals surface area contributed by atoms with Crippen LogP contribution < -0.4 is 11.1 Å². The van der Waals surface area contributed by atoms with Crippen LogP contribution in [-0.2, 0) is 4.79 Å². The topological polar surface area (TPSA) is 85.8 Å². The van der Waals surface area contributed by atoms with E-state index < -0.39 is 17.6 Å². The van der Waals surface area contributed by atoms with Gasteiger partial charge in [0, 0.05) is 12.4 Å². The number of aromatic nitrogens is 3. The van der Waals surface area contributed by atoms with E-state index in [0.717, 1.165) is 0 Å². The number of nitrogens with two attached hydrogens (primary N) is 1. The molecule has 1 atom stereocenters. The first-order valence-corrected chi connectivity index (χ1v) is 5.83. The van der Waals surface area contributed by atoms with Crippen LogP contribution in [0.3, 0.4) is 0 Å². The Balaban J connectivity index is 2.12. The van der Waals surface area contributed by atoms with Crippen molar-refractivity contribution in [3.8, 4) is 5.82 Å². The predicted octanol–water partition coefficient (Wildman–Crippen LogP) is 1.49. The summed E-state index contributed by atoms with van der Waals surface area (Å²) in [5.41, 5.74) is 2.16. The average molecular weight is 299 g/mol. The van der Waals surface area contributed by atoms with E-state index >= 15 is 0 Å². The molecule has 0 aliphatic heterocycles. The number of amides is 1. The predicted molar refractivity (Wildman–Crippen MR) is 68.6 cm³/mol. The molecule has 2 aromatic rings. The van der Waals surface area contributed by atoms with E-state index in [9.17, 15) is 18.0 Å². The van der Waals surface area contributed by atoms with Gasteiger partial charge in [-0.2, -0.15) is 13.2 Å². The van der Waals surface area contributed by atoms with Crippen LogP contribution in [0.25, 0.3) is 5.82 Å². The normalized spacial score (nSPS) is 14.5. The highest BCUT2D eigenvalue weighted by atomic mass is 19.4. The smallest absolute Gasteiger partial charge is 0.323 e. The van der Waals surface area contributed by atoms with Crippen LogP contribution in [-0.4, -0.2) is 32.2 Å². The molecule has 0 fully saturated rings. The number of pyridine rings is 1. The highest BCUT2D eigenvalue weighted by Crippen LogP contribution is 2.29. The zero-order chi connectivity index (χ0) is 15.7. The van der Waals surface area contributed by atoms with Crippen LogP contribution in [0.2, 0.25) is 0 Å². The zero-order valence-electron chi connectivity index (χ0n) is 10.9. The van der Waals surface area contributed by atoms with Crippen molar-refractivity contribution in [3.63, 3.8) is 0 Å². The molecule has 2 rings (SSSR count). The lowest BCUT2D eigenvalue weighted by molar-refractivity contribution is -0.184. The van der Waals surface area contributed by atoms with Crippen LogP contribution in [0.1, 0.15) is 6.92 Å². The average Bonchev–Trinajstić information content (AvgIpc) is 2.92. The Bertz CT molecular complexity index is 619. The molecule has 6 nitrogen and oxygen atoms in total. The molecule has 0 bridgehead atoms. The third-order valence-corrected chi connectivity index (χ3v) is 2.84. The van der Waals surface area contributed by atoms with Gasteiger partial charge < -0.3 is 11.1 Å². The number of rotatable bonds is 3. The van der Waals surface area contributed by atoms with Crippen molar-refractivity contribution in [3.05, 3.63) is 37.1 Å². The van der Waals surface area contributed by atoms with Crippen molar-refractivity contribution in [1.82, 2.24) is 14.5 Å². The maximum atomic E-state index is 12.6. The minimum atomic E-state index is -4.85. The molecular weight excluding hydrogens is 287 g/mol. The van der Waals surface area contributed by atoms with Crippen molar-refractivity contribution in [2.75, 3.05) is 5.32 Å². The summed E-state index contributed by atoms with van der Waals surface area (Å²) in [5, 5.41) is 2.09. The Morgan fingerprint density at radius 2 is 2.10 bits per heavy atom. The van der Waals surface area contributed by atoms with Crippen molar-refractivity contribution >= 4 is 11.6 Å². The van der Waals surface area contributed by atoms with Crippen molar-refractivity contribution in [2.24, 2.45) is 5.73 Å². The van der Waals surface area contributed by atoms with E-state index in [2.05, 4.69) is 15.3 Å². The summed E-state index contributed by atoms with van der Waals surface area (Å²) in [6.07, 6.45) is 1.11. The summed E-state index contributed by atoms with van der Waals surface area (Å²) in [7, 11) is 0. The van der Waals surface area contributed by atoms with Crippen LogP contribution >= 0.6 is 0 Å². The van der Waals surface area contributed by atoms with Gasteiger partial charge in [-0.3, -0.25) is 9.36 Å². The molecule has 9 heteroatoms. The van der Waals surface area contributed by atoms with Crippen molar-refractivity contribution in [1.29, 1.82) is 0 Å². The SMILES string of the molecule is CC(N)(C(=O)Nc1ccc(-n2ccnc2)nc1)C(F)(F)F. The summed E-state index contributed by atoms with van der Waals surface area (Å²) >= 11 is 0. The van der Waals surface area contributed by atoms with Crippen LogP contribution in [0.15, 0.2) is 37.1 Å². The lowest BCUT2D eigenvalue weighted by Gasteiger charge is -2.26. The Morgan fingerprint density at radius 1 is 1.38 bits per heavy atom. The minimum Gasteiger partial charge on any atom is -0.323 e. The minimum absolute atomic E-state index is 0.116. The molecule has 0 spiro atoms. The van der Waals surface area contributed by atoms with Crippen molar-refractivity contribution in [2.45, 2.75) is 18.6 Å². The molecule has 1 amide bonds. The van der Waals surface area contributed by atoms with E-state index in [1.165, 1.54) is 24.7 Å². The summed E-state index contributed by atoms with van der Waals surface area (Å²) < 4.78 is 39.5. The summed E-state index contributed by atoms with van der Waals surface area (Å²) in [6.45, 7) is 0.607. The fourth-order valence-electron chi connectivity index (χ4n) is 1.40. The van der Waals surface area contributed by atoms with Gasteiger partial charge in [-0.25, -0.2) is 9.97 Å². The standard InChI is InChI=1S/C12H12F3N5O/c1-11(16,12(13,14)15)10(21)19-8-2-3-9(18-6-8)20-5-4-17-7-20/h2-7H,16H2,1H3,(H,19,21). The fraction of sp³-hybridized carbons (Fsp3) is 0.250. The number of anilines is 1. The molecule has 0 aliphatic carbocycles. The van der Waals surface area contributed by atoms with Gasteiger partial charge in [0.15, 0.2) is 5.54 Å². The lowest BCUT2D eigenvalue weighted by atomic mass is 10.0. The maximum Gasteiger partial charge on any atom is 0.415 e. The second kappa shape index (κ2) is 5.17. The van der Waals surface area contributed by atoms with E-state index in [4.69, 9.17) is 5.73 Å². The number of halogens is 3. The van der Waals surface area contributed by atoms with Crippen LogP contribution in [0.4, 0.5) is 18.9 Å². The zero-order valence-corrected chi connectivity index (χ0v) is 10.9. The molecule has 112 valence electrons. The third-order valence-electron chi connectivity index (χ3n) is 2.84. The number of carbonyl (C=O) groups excluding carboxylic acids is 1. The molecule has 0 saturated heterocycles. The fourth-order valence-corrected chi connectivity index (χ4v) is 1.40. The highest BCUT2D eigenvalue weighted by Gasteiger charge is 2.53. The van der Waals surface area contributed by atoms with E-state index in [1.54, 1.807) is 17.0 Å². The molecule has 2 heterocycles. The quantitative estimate of drug-likeness (QED) is 0.899. The Labute approximate surface area is 117 Å². The third kappa shape index (κ3) is 3.02. The summed E-state index contributed by atoms with van der Waals surface area (Å²) in [5.74, 6) is -0.844. The monoisotopic (exact) mass is 299 g/mol. The van der Waals surface area contributed by atoms with Crippen LogP contribution in [0, 0.1) is 0 Å². The van der Waals surface area contributed by atoms with E-state index in [1.807, 2.05) is 0 Å². The number of alkyl halides is 3. The highest BCUT2D eigenvalue weighted by molar-refractivity contribution is 5.98. The van der Waals surface area contributed by atoms with Gasteiger partial charge >= 0.3 is 6.18 Å². The van der Waals surface area contributed by atoms with Gasteiger partial charge in [0.25, 0.3) is 5.91 Å². The first kappa shape index (κ1) is 15.0. The molecule has 3 N–H and O–H groups in total. The molecule has 0 aliphatic rings. The summed E-state index contributed by atoms with van der Waals surface area (Å²) in [6, 6.07) is 2.95. The van der Waals surface area contributed by atoms with Crippen LogP contribution in [0.5, 0.6) is 0 Å². The number of hydrogen-bond donors (Lipinski definition) is 2. The first-order valence-electron chi connectivity index (χ1n) is 5.83. The number of carbonyl (C=O) groups is 1. The van der Waals surface area contributed by atoms with Gasteiger partial charge in [-0.1, -0.05) is 0 Å². The molecule has 2 aromatic heterocycles. The van der Waals surface area contributed by atoms with Gasteiger partial charge in [-0.15, -0.1) is 0 Å². The maximum absolute atomic E-state index is 12.6. The van der Waals surface area contributed by atoms with E-state index in [-0.39, 0.29) is 5.69 Å². The molecule has 0 aromatic carbocycles. The molecule has 21 heavy (non-hydrogen) atoms. The Hall–Kier alpha value is -2.42. The number of imidazole rings is 1. The Morgan fingerprint density at radius 3 is 2.57 bits per heavy atom. The second-order valence-corrected chi connectivity index (χ2v) is 4.53. The van der Waals surface area contributed by atoms with E-state index in [0.29, 0.717) is 12.7 Å². The van der Waals surface area contributed by atoms with Gasteiger partial charge in [-0.05, 0) is 19.1 Å². The van der Waals surface area contributed by atoms with Gasteiger partial charge in [0.2, 0.25) is 0 Å². The number of hydrogen-bond acceptors (Lipinski definition) is 4. The van der Waals surface area contributed by atoms with Crippen molar-refractivity contribution < 1.29 is 18.0 Å². The summed E-state index contributed by atoms with van der Waals surface area (Å²) in [4.78, 5) is 19.4. The Kier molecular flexibility index (Phi) is 3.69. The number of nitrogens with one attached hydrogen (secondary N) is 1. The molecule has 1 unspecified atom stereocenters. The van der Waals surface area contributed by atoms with Gasteiger partial charge in [0.05, 0.1) is 11.9 Å². The lowest BCUT2D eigenvalue weighted by Crippen LogP contribution is -2.59. The largest absolute Gasteiger partial charge is 0.415 e. The molecular formula is C12H12F3N5O. The molecule has 0 saturated carbocycles.